The van der Waals surface area contributed by atoms with E-state index in [1.807, 2.05) is 0 Å². The van der Waals surface area contributed by atoms with Gasteiger partial charge in [0.15, 0.2) is 0 Å². The SMILES string of the molecule is NS(=O)(=O)c1ccc(NC(=O)c2ccc3c(c2)C[C@H](c2ccc(Cl)cc2)OC3=O)cc1. The molecule has 0 fully saturated rings. The van der Waals surface area contributed by atoms with E-state index in [-0.39, 0.29) is 4.90 Å². The first-order valence-electron chi connectivity index (χ1n) is 9.24. The monoisotopic (exact) mass is 456 g/mol. The number of nitrogens with one attached hydrogen (secondary N) is 1. The standard InChI is InChI=1S/C22H17ClN2O5S/c23-16-4-1-13(2-5-16)20-12-15-11-14(3-10-19(15)22(27)30-20)21(26)25-17-6-8-18(9-7-17)31(24,28)29/h1-11,20H,12H2,(H,25,26)(H2,24,28,29)/t20-/m1/s1. The molecule has 0 unspecified atom stereocenters. The van der Waals surface area contributed by atoms with Crippen molar-refractivity contribution >= 4 is 39.2 Å². The zero-order valence-electron chi connectivity index (χ0n) is 16.0. The lowest BCUT2D eigenvalue weighted by Gasteiger charge is -2.25. The molecule has 9 heteroatoms. The first kappa shape index (κ1) is 21.0. The Kier molecular flexibility index (Phi) is 5.53. The van der Waals surface area contributed by atoms with Crippen LogP contribution in [0, 0.1) is 0 Å². The van der Waals surface area contributed by atoms with Gasteiger partial charge < -0.3 is 10.1 Å². The summed E-state index contributed by atoms with van der Waals surface area (Å²) in [5, 5.41) is 8.36. The van der Waals surface area contributed by atoms with Crippen molar-refractivity contribution < 1.29 is 22.7 Å². The van der Waals surface area contributed by atoms with Crippen molar-refractivity contribution in [1.82, 2.24) is 0 Å². The number of rotatable bonds is 4. The Morgan fingerprint density at radius 1 is 1.03 bits per heavy atom. The van der Waals surface area contributed by atoms with Crippen LogP contribution in [0.15, 0.2) is 71.6 Å². The van der Waals surface area contributed by atoms with Crippen molar-refractivity contribution in [2.24, 2.45) is 5.14 Å². The van der Waals surface area contributed by atoms with Crippen molar-refractivity contribution in [3.63, 3.8) is 0 Å². The van der Waals surface area contributed by atoms with Crippen molar-refractivity contribution in [2.45, 2.75) is 17.4 Å². The van der Waals surface area contributed by atoms with Gasteiger partial charge in [0.2, 0.25) is 10.0 Å². The molecule has 7 nitrogen and oxygen atoms in total. The maximum absolute atomic E-state index is 12.7. The van der Waals surface area contributed by atoms with E-state index in [0.717, 1.165) is 5.56 Å². The van der Waals surface area contributed by atoms with Crippen LogP contribution < -0.4 is 10.5 Å². The third kappa shape index (κ3) is 4.61. The molecular formula is C22H17ClN2O5S. The van der Waals surface area contributed by atoms with Gasteiger partial charge in [0.1, 0.15) is 6.10 Å². The van der Waals surface area contributed by atoms with Gasteiger partial charge in [-0.05, 0) is 65.7 Å². The van der Waals surface area contributed by atoms with Gasteiger partial charge in [0.05, 0.1) is 10.5 Å². The highest BCUT2D eigenvalue weighted by Gasteiger charge is 2.28. The minimum atomic E-state index is -3.81. The molecule has 3 aromatic rings. The van der Waals surface area contributed by atoms with Gasteiger partial charge in [-0.3, -0.25) is 4.79 Å². The number of cyclic esters (lactones) is 1. The molecule has 158 valence electrons. The number of amides is 1. The number of ether oxygens (including phenoxy) is 1. The summed E-state index contributed by atoms with van der Waals surface area (Å²) in [5.74, 6) is -0.847. The second kappa shape index (κ2) is 8.14. The first-order chi connectivity index (χ1) is 14.7. The van der Waals surface area contributed by atoms with E-state index in [1.54, 1.807) is 36.4 Å². The number of fused-ring (bicyclic) bond motifs is 1. The number of benzene rings is 3. The molecule has 0 saturated heterocycles. The Bertz CT molecular complexity index is 1270. The van der Waals surface area contributed by atoms with Crippen LogP contribution in [-0.4, -0.2) is 20.3 Å². The van der Waals surface area contributed by atoms with Crippen molar-refractivity contribution in [2.75, 3.05) is 5.32 Å². The highest BCUT2D eigenvalue weighted by atomic mass is 35.5. The Hall–Kier alpha value is -3.20. The van der Waals surface area contributed by atoms with Crippen LogP contribution in [0.4, 0.5) is 5.69 Å². The fraction of sp³-hybridized carbons (Fsp3) is 0.0909. The summed E-state index contributed by atoms with van der Waals surface area (Å²) >= 11 is 5.93. The fourth-order valence-electron chi connectivity index (χ4n) is 3.33. The first-order valence-corrected chi connectivity index (χ1v) is 11.2. The molecule has 4 rings (SSSR count). The number of halogens is 1. The van der Waals surface area contributed by atoms with Gasteiger partial charge in [-0.2, -0.15) is 0 Å². The second-order valence-electron chi connectivity index (χ2n) is 7.05. The molecule has 31 heavy (non-hydrogen) atoms. The molecule has 1 amide bonds. The number of anilines is 1. The summed E-state index contributed by atoms with van der Waals surface area (Å²) in [7, 11) is -3.81. The molecule has 0 spiro atoms. The van der Waals surface area contributed by atoms with Crippen LogP contribution in [0.2, 0.25) is 5.02 Å². The zero-order chi connectivity index (χ0) is 22.2. The number of nitrogens with two attached hydrogens (primary N) is 1. The number of hydrogen-bond donors (Lipinski definition) is 2. The highest BCUT2D eigenvalue weighted by molar-refractivity contribution is 7.89. The van der Waals surface area contributed by atoms with Crippen LogP contribution in [0.25, 0.3) is 0 Å². The Morgan fingerprint density at radius 3 is 2.35 bits per heavy atom. The normalized spacial score (nSPS) is 15.7. The van der Waals surface area contributed by atoms with Gasteiger partial charge in [-0.1, -0.05) is 23.7 Å². The molecule has 1 atom stereocenters. The maximum Gasteiger partial charge on any atom is 0.339 e. The molecule has 3 aromatic carbocycles. The molecule has 1 aliphatic heterocycles. The maximum atomic E-state index is 12.7. The number of esters is 1. The van der Waals surface area contributed by atoms with E-state index in [1.165, 1.54) is 30.3 Å². The van der Waals surface area contributed by atoms with Gasteiger partial charge in [0.25, 0.3) is 5.91 Å². The van der Waals surface area contributed by atoms with E-state index in [9.17, 15) is 18.0 Å². The summed E-state index contributed by atoms with van der Waals surface area (Å²) in [4.78, 5) is 25.0. The van der Waals surface area contributed by atoms with Crippen molar-refractivity contribution in [3.05, 3.63) is 94.0 Å². The lowest BCUT2D eigenvalue weighted by molar-refractivity contribution is 0.0252. The van der Waals surface area contributed by atoms with Crippen LogP contribution in [-0.2, 0) is 21.2 Å². The molecule has 0 aliphatic carbocycles. The Balaban J connectivity index is 1.54. The minimum Gasteiger partial charge on any atom is -0.454 e. The summed E-state index contributed by atoms with van der Waals surface area (Å²) < 4.78 is 28.2. The summed E-state index contributed by atoms with van der Waals surface area (Å²) in [6.07, 6.45) is -0.0475. The highest BCUT2D eigenvalue weighted by Crippen LogP contribution is 2.31. The van der Waals surface area contributed by atoms with E-state index >= 15 is 0 Å². The van der Waals surface area contributed by atoms with Crippen molar-refractivity contribution in [3.8, 4) is 0 Å². The molecule has 3 N–H and O–H groups in total. The Morgan fingerprint density at radius 2 is 1.71 bits per heavy atom. The lowest BCUT2D eigenvalue weighted by atomic mass is 9.93. The van der Waals surface area contributed by atoms with E-state index in [2.05, 4.69) is 5.32 Å². The van der Waals surface area contributed by atoms with Crippen molar-refractivity contribution in [1.29, 1.82) is 0 Å². The smallest absolute Gasteiger partial charge is 0.339 e. The fourth-order valence-corrected chi connectivity index (χ4v) is 3.97. The van der Waals surface area contributed by atoms with Gasteiger partial charge >= 0.3 is 5.97 Å². The molecule has 0 radical (unpaired) electrons. The minimum absolute atomic E-state index is 0.0500. The quantitative estimate of drug-likeness (QED) is 0.581. The predicted molar refractivity (Wildman–Crippen MR) is 116 cm³/mol. The van der Waals surface area contributed by atoms with Crippen LogP contribution in [0.5, 0.6) is 0 Å². The number of carbonyl (C=O) groups is 2. The molecular weight excluding hydrogens is 440 g/mol. The summed E-state index contributed by atoms with van der Waals surface area (Å²) in [6, 6.07) is 17.3. The predicted octanol–water partition coefficient (Wildman–Crippen LogP) is 3.69. The molecule has 1 heterocycles. The average Bonchev–Trinajstić information content (AvgIpc) is 2.73. The second-order valence-corrected chi connectivity index (χ2v) is 9.04. The number of sulfonamides is 1. The lowest BCUT2D eigenvalue weighted by Crippen LogP contribution is -2.23. The van der Waals surface area contributed by atoms with Crippen LogP contribution in [0.3, 0.4) is 0 Å². The number of primary sulfonamides is 1. The topological polar surface area (TPSA) is 116 Å². The summed E-state index contributed by atoms with van der Waals surface area (Å²) in [6.45, 7) is 0. The van der Waals surface area contributed by atoms with E-state index in [4.69, 9.17) is 21.5 Å². The van der Waals surface area contributed by atoms with Gasteiger partial charge in [-0.15, -0.1) is 0 Å². The largest absolute Gasteiger partial charge is 0.454 e. The molecule has 0 aromatic heterocycles. The average molecular weight is 457 g/mol. The molecule has 0 bridgehead atoms. The zero-order valence-corrected chi connectivity index (χ0v) is 17.6. The van der Waals surface area contributed by atoms with E-state index < -0.39 is 28.0 Å². The van der Waals surface area contributed by atoms with E-state index in [0.29, 0.717) is 33.8 Å². The third-order valence-electron chi connectivity index (χ3n) is 4.92. The van der Waals surface area contributed by atoms with Crippen LogP contribution >= 0.6 is 11.6 Å². The molecule has 1 aliphatic rings. The number of hydrogen-bond acceptors (Lipinski definition) is 5. The van der Waals surface area contributed by atoms with Crippen LogP contribution in [0.1, 0.15) is 37.9 Å². The molecule has 0 saturated carbocycles. The Labute approximate surface area is 183 Å². The van der Waals surface area contributed by atoms with Gasteiger partial charge in [-0.25, -0.2) is 18.4 Å². The van der Waals surface area contributed by atoms with Gasteiger partial charge in [0, 0.05) is 22.7 Å². The summed E-state index contributed by atoms with van der Waals surface area (Å²) in [5.41, 5.74) is 2.70. The third-order valence-corrected chi connectivity index (χ3v) is 6.11. The number of carbonyl (C=O) groups excluding carboxylic acids is 2.